The number of nitrogens with one attached hydrogen (secondary N) is 1. The Morgan fingerprint density at radius 1 is 1.77 bits per heavy atom. The Balaban J connectivity index is 2.83. The zero-order chi connectivity index (χ0) is 9.68. The Morgan fingerprint density at radius 2 is 2.54 bits per heavy atom. The summed E-state index contributed by atoms with van der Waals surface area (Å²) < 4.78 is 13.0. The summed E-state index contributed by atoms with van der Waals surface area (Å²) in [5, 5.41) is 0.267. The fourth-order valence-electron chi connectivity index (χ4n) is 0.660. The van der Waals surface area contributed by atoms with E-state index < -0.39 is 5.82 Å². The van der Waals surface area contributed by atoms with Crippen molar-refractivity contribution < 1.29 is 4.39 Å². The van der Waals surface area contributed by atoms with Crippen molar-refractivity contribution in [2.75, 3.05) is 11.2 Å². The molecule has 0 atom stereocenters. The standard InChI is InChI=1S/C7H9FN4S/c1-2-3-13-6-5(8)4-10-7(11-6)12-9/h2,4H,1,3,9H2,(H,10,11,12). The van der Waals surface area contributed by atoms with E-state index in [4.69, 9.17) is 5.84 Å². The SMILES string of the molecule is C=CCSc1nc(NN)ncc1F. The monoisotopic (exact) mass is 200 g/mol. The van der Waals surface area contributed by atoms with Gasteiger partial charge in [-0.15, -0.1) is 6.58 Å². The highest BCUT2D eigenvalue weighted by atomic mass is 32.2. The van der Waals surface area contributed by atoms with Gasteiger partial charge in [0.25, 0.3) is 0 Å². The quantitative estimate of drug-likeness (QED) is 0.251. The van der Waals surface area contributed by atoms with Gasteiger partial charge in [0.05, 0.1) is 6.20 Å². The third-order valence-corrected chi connectivity index (χ3v) is 2.14. The second-order valence-corrected chi connectivity index (χ2v) is 3.10. The lowest BCUT2D eigenvalue weighted by atomic mass is 10.6. The van der Waals surface area contributed by atoms with E-state index in [0.717, 1.165) is 6.20 Å². The first-order valence-corrected chi connectivity index (χ1v) is 4.49. The molecule has 0 saturated heterocycles. The van der Waals surface area contributed by atoms with E-state index in [0.29, 0.717) is 5.75 Å². The number of anilines is 1. The zero-order valence-corrected chi connectivity index (χ0v) is 7.64. The molecule has 1 aromatic rings. The summed E-state index contributed by atoms with van der Waals surface area (Å²) in [7, 11) is 0. The lowest BCUT2D eigenvalue weighted by Gasteiger charge is -2.01. The normalized spacial score (nSPS) is 9.69. The van der Waals surface area contributed by atoms with Crippen molar-refractivity contribution in [1.29, 1.82) is 0 Å². The van der Waals surface area contributed by atoms with Crippen LogP contribution in [0, 0.1) is 5.82 Å². The molecule has 0 aromatic carbocycles. The summed E-state index contributed by atoms with van der Waals surface area (Å²) >= 11 is 1.24. The first kappa shape index (κ1) is 9.94. The molecule has 6 heteroatoms. The molecule has 0 unspecified atom stereocenters. The highest BCUT2D eigenvalue weighted by molar-refractivity contribution is 7.99. The molecule has 0 amide bonds. The highest BCUT2D eigenvalue weighted by Gasteiger charge is 2.05. The molecule has 1 rings (SSSR count). The summed E-state index contributed by atoms with van der Waals surface area (Å²) in [6.45, 7) is 3.52. The molecular weight excluding hydrogens is 191 g/mol. The lowest BCUT2D eigenvalue weighted by molar-refractivity contribution is 0.580. The van der Waals surface area contributed by atoms with Crippen LogP contribution < -0.4 is 11.3 Å². The van der Waals surface area contributed by atoms with Crippen LogP contribution in [0.15, 0.2) is 23.9 Å². The molecule has 0 radical (unpaired) electrons. The van der Waals surface area contributed by atoms with Gasteiger partial charge in [0.1, 0.15) is 5.03 Å². The van der Waals surface area contributed by atoms with Crippen LogP contribution in [-0.2, 0) is 0 Å². The molecule has 70 valence electrons. The van der Waals surface area contributed by atoms with Crippen molar-refractivity contribution in [3.8, 4) is 0 Å². The van der Waals surface area contributed by atoms with Crippen LogP contribution in [0.25, 0.3) is 0 Å². The summed E-state index contributed by atoms with van der Waals surface area (Å²) in [5.41, 5.74) is 2.24. The van der Waals surface area contributed by atoms with Crippen molar-refractivity contribution >= 4 is 17.7 Å². The minimum absolute atomic E-state index is 0.202. The van der Waals surface area contributed by atoms with Gasteiger partial charge < -0.3 is 0 Å². The molecule has 0 bridgehead atoms. The van der Waals surface area contributed by atoms with Crippen LogP contribution in [-0.4, -0.2) is 15.7 Å². The molecule has 0 spiro atoms. The van der Waals surface area contributed by atoms with Crippen molar-refractivity contribution in [3.63, 3.8) is 0 Å². The Bertz CT molecular complexity index is 305. The van der Waals surface area contributed by atoms with Gasteiger partial charge in [-0.25, -0.2) is 20.2 Å². The van der Waals surface area contributed by atoms with Gasteiger partial charge in [-0.05, 0) is 0 Å². The van der Waals surface area contributed by atoms with Crippen LogP contribution in [0.3, 0.4) is 0 Å². The fraction of sp³-hybridized carbons (Fsp3) is 0.143. The summed E-state index contributed by atoms with van der Waals surface area (Å²) in [4.78, 5) is 7.43. The van der Waals surface area contributed by atoms with E-state index in [9.17, 15) is 4.39 Å². The van der Waals surface area contributed by atoms with E-state index in [1.807, 2.05) is 0 Å². The largest absolute Gasteiger partial charge is 0.292 e. The summed E-state index contributed by atoms with van der Waals surface area (Å²) in [6.07, 6.45) is 2.75. The van der Waals surface area contributed by atoms with E-state index in [1.165, 1.54) is 11.8 Å². The van der Waals surface area contributed by atoms with Gasteiger partial charge >= 0.3 is 0 Å². The van der Waals surface area contributed by atoms with Crippen molar-refractivity contribution in [3.05, 3.63) is 24.7 Å². The van der Waals surface area contributed by atoms with Crippen molar-refractivity contribution in [2.45, 2.75) is 5.03 Å². The van der Waals surface area contributed by atoms with Gasteiger partial charge in [-0.1, -0.05) is 17.8 Å². The van der Waals surface area contributed by atoms with Crippen LogP contribution in [0.1, 0.15) is 0 Å². The van der Waals surface area contributed by atoms with Crippen molar-refractivity contribution in [1.82, 2.24) is 9.97 Å². The average Bonchev–Trinajstić information content (AvgIpc) is 2.17. The number of rotatable bonds is 4. The maximum Gasteiger partial charge on any atom is 0.238 e. The number of aromatic nitrogens is 2. The number of thioether (sulfide) groups is 1. The number of hydrazine groups is 1. The third kappa shape index (κ3) is 2.67. The molecule has 4 nitrogen and oxygen atoms in total. The molecule has 13 heavy (non-hydrogen) atoms. The molecular formula is C7H9FN4S. The summed E-state index contributed by atoms with van der Waals surface area (Å²) in [6, 6.07) is 0. The van der Waals surface area contributed by atoms with Gasteiger partial charge in [0.2, 0.25) is 5.95 Å². The Morgan fingerprint density at radius 3 is 3.15 bits per heavy atom. The van der Waals surface area contributed by atoms with E-state index in [2.05, 4.69) is 22.0 Å². The molecule has 1 heterocycles. The molecule has 0 saturated carbocycles. The number of nitrogens with two attached hydrogens (primary N) is 1. The van der Waals surface area contributed by atoms with Crippen LogP contribution >= 0.6 is 11.8 Å². The van der Waals surface area contributed by atoms with Gasteiger partial charge in [-0.3, -0.25) is 5.43 Å². The van der Waals surface area contributed by atoms with Gasteiger partial charge in [0.15, 0.2) is 5.82 Å². The topological polar surface area (TPSA) is 63.8 Å². The maximum atomic E-state index is 13.0. The second kappa shape index (κ2) is 4.78. The minimum Gasteiger partial charge on any atom is -0.292 e. The van der Waals surface area contributed by atoms with Crippen molar-refractivity contribution in [2.24, 2.45) is 5.84 Å². The Kier molecular flexibility index (Phi) is 3.66. The fourth-order valence-corrected chi connectivity index (χ4v) is 1.28. The van der Waals surface area contributed by atoms with Gasteiger partial charge in [-0.2, -0.15) is 0 Å². The lowest BCUT2D eigenvalue weighted by Crippen LogP contribution is -2.11. The number of hydrogen-bond donors (Lipinski definition) is 2. The Hall–Kier alpha value is -1.14. The van der Waals surface area contributed by atoms with Gasteiger partial charge in [0, 0.05) is 5.75 Å². The number of hydrogen-bond acceptors (Lipinski definition) is 5. The minimum atomic E-state index is -0.453. The van der Waals surface area contributed by atoms with Crippen LogP contribution in [0.5, 0.6) is 0 Å². The van der Waals surface area contributed by atoms with E-state index >= 15 is 0 Å². The molecule has 0 fully saturated rings. The number of nitrogen functional groups attached to an aromatic ring is 1. The maximum absolute atomic E-state index is 13.0. The predicted molar refractivity (Wildman–Crippen MR) is 50.7 cm³/mol. The number of nitrogens with zero attached hydrogens (tertiary/aromatic N) is 2. The van der Waals surface area contributed by atoms with E-state index in [1.54, 1.807) is 6.08 Å². The van der Waals surface area contributed by atoms with E-state index in [-0.39, 0.29) is 11.0 Å². The first-order chi connectivity index (χ1) is 6.27. The molecule has 1 aromatic heterocycles. The smallest absolute Gasteiger partial charge is 0.238 e. The zero-order valence-electron chi connectivity index (χ0n) is 6.83. The molecule has 3 N–H and O–H groups in total. The highest BCUT2D eigenvalue weighted by Crippen LogP contribution is 2.19. The summed E-state index contributed by atoms with van der Waals surface area (Å²) in [5.74, 6) is 5.41. The molecule has 0 aliphatic rings. The first-order valence-electron chi connectivity index (χ1n) is 3.50. The third-order valence-electron chi connectivity index (χ3n) is 1.18. The van der Waals surface area contributed by atoms with Crippen LogP contribution in [0.2, 0.25) is 0 Å². The predicted octanol–water partition coefficient (Wildman–Crippen LogP) is 1.18. The molecule has 0 aliphatic carbocycles. The Labute approximate surface area is 79.4 Å². The molecule has 0 aliphatic heterocycles. The second-order valence-electron chi connectivity index (χ2n) is 2.09. The average molecular weight is 200 g/mol. The van der Waals surface area contributed by atoms with Crippen LogP contribution in [0.4, 0.5) is 10.3 Å². The number of halogens is 1.